The van der Waals surface area contributed by atoms with E-state index in [0.717, 1.165) is 68.9 Å². The maximum atomic E-state index is 14.1. The van der Waals surface area contributed by atoms with Crippen molar-refractivity contribution < 1.29 is 33.4 Å². The Morgan fingerprint density at radius 3 is 2.20 bits per heavy atom. The Kier molecular flexibility index (Phi) is 10.0. The van der Waals surface area contributed by atoms with Gasteiger partial charge in [-0.15, -0.1) is 10.2 Å². The number of ketones is 1. The molecule has 1 amide bonds. The third-order valence-electron chi connectivity index (χ3n) is 18.4. The summed E-state index contributed by atoms with van der Waals surface area (Å²) in [6.07, 6.45) is 9.68. The first-order valence-electron chi connectivity index (χ1n) is 22.5. The van der Waals surface area contributed by atoms with Crippen LogP contribution in [0.15, 0.2) is 39.8 Å². The SMILES string of the molecule is Cc1nnc(-c2ccc(C(=O)NCC[C@@]34CC[C@]5(C)C(CC[C@@H]6[C@@]7(C)CC[C@H](OC(=O)[C@H]8C[C@@H](C(=O)O)C8(C)C)C(C)(C)[C@@H]7CC[C@]65C)C3=C(C(C)C)C(=O)C4)cc2)o1. The number of allylic oxidation sites excluding steroid dienone is 2. The molecule has 10 heteroatoms. The number of aromatic nitrogens is 2. The van der Waals surface area contributed by atoms with Crippen LogP contribution in [0.2, 0.25) is 0 Å². The highest BCUT2D eigenvalue weighted by molar-refractivity contribution is 6.00. The van der Waals surface area contributed by atoms with Gasteiger partial charge < -0.3 is 19.6 Å². The minimum absolute atomic E-state index is 0.0271. The zero-order chi connectivity index (χ0) is 42.7. The number of nitrogens with zero attached hydrogens (tertiary/aromatic N) is 2. The number of nitrogens with one attached hydrogen (secondary N) is 1. The molecule has 320 valence electrons. The molecule has 0 aliphatic heterocycles. The molecule has 1 unspecified atom stereocenters. The molecule has 2 N–H and O–H groups in total. The Balaban J connectivity index is 0.994. The van der Waals surface area contributed by atoms with E-state index >= 15 is 0 Å². The molecule has 6 aliphatic carbocycles. The second-order valence-corrected chi connectivity index (χ2v) is 22.0. The Labute approximate surface area is 350 Å². The van der Waals surface area contributed by atoms with Gasteiger partial charge in [-0.3, -0.25) is 19.2 Å². The van der Waals surface area contributed by atoms with E-state index < -0.39 is 17.3 Å². The number of amides is 1. The Morgan fingerprint density at radius 2 is 1.58 bits per heavy atom. The summed E-state index contributed by atoms with van der Waals surface area (Å²) in [4.78, 5) is 53.0. The molecular formula is C49H67N3O7. The number of rotatable bonds is 9. The van der Waals surface area contributed by atoms with Crippen LogP contribution < -0.4 is 5.32 Å². The van der Waals surface area contributed by atoms with Gasteiger partial charge in [0, 0.05) is 41.8 Å². The highest BCUT2D eigenvalue weighted by Crippen LogP contribution is 2.77. The predicted octanol–water partition coefficient (Wildman–Crippen LogP) is 9.80. The summed E-state index contributed by atoms with van der Waals surface area (Å²) >= 11 is 0. The standard InChI is InChI=1S/C49H67N3O7/c1-27(2)38-34(53)26-49(23-24-50-40(54)29-11-13-30(14-12-29)41-52-51-28(3)58-41)22-21-47(9)31(39(38)49)15-16-36-46(8)19-18-37(45(6,7)35(46)17-20-48(36,47)10)59-43(57)33-25-32(42(55)56)44(33,4)5/h11-14,27,31-33,35-37H,15-26H2,1-10H3,(H,50,54)(H,55,56)/t31?,32-,33+,35-,36+,37-,46-,47+,48+,49+/m0/s1. The summed E-state index contributed by atoms with van der Waals surface area (Å²) < 4.78 is 12.0. The van der Waals surface area contributed by atoms with Crippen molar-refractivity contribution in [3.05, 3.63) is 46.9 Å². The molecule has 5 saturated carbocycles. The predicted molar refractivity (Wildman–Crippen MR) is 224 cm³/mol. The summed E-state index contributed by atoms with van der Waals surface area (Å²) in [5.41, 5.74) is 2.95. The maximum Gasteiger partial charge on any atom is 0.309 e. The first kappa shape index (κ1) is 41.9. The van der Waals surface area contributed by atoms with Gasteiger partial charge in [0.1, 0.15) is 6.10 Å². The number of carbonyl (C=O) groups excluding carboxylic acids is 3. The van der Waals surface area contributed by atoms with Gasteiger partial charge in [-0.25, -0.2) is 0 Å². The molecule has 0 radical (unpaired) electrons. The van der Waals surface area contributed by atoms with E-state index in [2.05, 4.69) is 64.0 Å². The minimum atomic E-state index is -0.832. The molecule has 0 bridgehead atoms. The first-order chi connectivity index (χ1) is 27.6. The molecule has 6 aliphatic rings. The topological polar surface area (TPSA) is 149 Å². The molecule has 1 aromatic heterocycles. The number of aliphatic carboxylic acids is 1. The smallest absolute Gasteiger partial charge is 0.309 e. The third-order valence-corrected chi connectivity index (χ3v) is 18.4. The zero-order valence-corrected chi connectivity index (χ0v) is 37.1. The quantitative estimate of drug-likeness (QED) is 0.236. The fraction of sp³-hybridized carbons (Fsp3) is 0.714. The van der Waals surface area contributed by atoms with Gasteiger partial charge in [-0.1, -0.05) is 67.9 Å². The van der Waals surface area contributed by atoms with Crippen molar-refractivity contribution in [2.45, 2.75) is 146 Å². The number of Topliss-reactive ketones (excluding diaryl/α,β-unsaturated/α-hetero) is 1. The van der Waals surface area contributed by atoms with Crippen molar-refractivity contribution in [2.24, 2.45) is 68.0 Å². The summed E-state index contributed by atoms with van der Waals surface area (Å²) in [5, 5.41) is 20.9. The fourth-order valence-corrected chi connectivity index (χ4v) is 14.9. The molecule has 8 rings (SSSR count). The van der Waals surface area contributed by atoms with Gasteiger partial charge in [0.15, 0.2) is 5.78 Å². The number of hydrogen-bond donors (Lipinski definition) is 2. The number of carbonyl (C=O) groups is 4. The van der Waals surface area contributed by atoms with E-state index in [9.17, 15) is 24.3 Å². The van der Waals surface area contributed by atoms with Crippen LogP contribution in [-0.4, -0.2) is 51.6 Å². The van der Waals surface area contributed by atoms with Crippen molar-refractivity contribution in [3.63, 3.8) is 0 Å². The number of aryl methyl sites for hydroxylation is 1. The lowest BCUT2D eigenvalue weighted by atomic mass is 9.33. The number of carboxylic acids is 1. The van der Waals surface area contributed by atoms with Crippen LogP contribution in [-0.2, 0) is 19.1 Å². The van der Waals surface area contributed by atoms with E-state index in [-0.39, 0.29) is 56.9 Å². The second kappa shape index (κ2) is 14.1. The Morgan fingerprint density at radius 1 is 0.864 bits per heavy atom. The molecule has 0 saturated heterocycles. The van der Waals surface area contributed by atoms with Gasteiger partial charge in [-0.05, 0) is 139 Å². The fourth-order valence-electron chi connectivity index (χ4n) is 14.9. The number of benzene rings is 1. The number of hydrogen-bond acceptors (Lipinski definition) is 8. The van der Waals surface area contributed by atoms with Crippen LogP contribution in [0.3, 0.4) is 0 Å². The molecule has 10 atom stereocenters. The average Bonchev–Trinajstić information content (AvgIpc) is 3.72. The van der Waals surface area contributed by atoms with Crippen LogP contribution in [0.4, 0.5) is 0 Å². The molecule has 5 fully saturated rings. The minimum Gasteiger partial charge on any atom is -0.481 e. The van der Waals surface area contributed by atoms with Crippen molar-refractivity contribution in [1.82, 2.24) is 15.5 Å². The van der Waals surface area contributed by atoms with Gasteiger partial charge in [0.05, 0.1) is 11.8 Å². The van der Waals surface area contributed by atoms with Crippen molar-refractivity contribution in [1.29, 1.82) is 0 Å². The van der Waals surface area contributed by atoms with E-state index in [1.807, 2.05) is 26.0 Å². The normalized spacial score (nSPS) is 38.1. The maximum absolute atomic E-state index is 14.1. The van der Waals surface area contributed by atoms with Crippen LogP contribution in [0.5, 0.6) is 0 Å². The molecule has 59 heavy (non-hydrogen) atoms. The number of esters is 1. The van der Waals surface area contributed by atoms with Gasteiger partial charge in [-0.2, -0.15) is 0 Å². The highest BCUT2D eigenvalue weighted by Gasteiger charge is 2.70. The highest BCUT2D eigenvalue weighted by atomic mass is 16.5. The summed E-state index contributed by atoms with van der Waals surface area (Å²) in [6, 6.07) is 7.24. The lowest BCUT2D eigenvalue weighted by Crippen LogP contribution is -2.66. The molecule has 2 aromatic rings. The van der Waals surface area contributed by atoms with Crippen LogP contribution in [0.25, 0.3) is 11.5 Å². The second-order valence-electron chi connectivity index (χ2n) is 22.0. The summed E-state index contributed by atoms with van der Waals surface area (Å²) in [5.74, 6) is 0.518. The third kappa shape index (κ3) is 6.21. The number of ether oxygens (including phenoxy) is 1. The average molecular weight is 810 g/mol. The number of fused-ring (bicyclic) bond motifs is 7. The van der Waals surface area contributed by atoms with Gasteiger partial charge >= 0.3 is 11.9 Å². The van der Waals surface area contributed by atoms with E-state index in [0.29, 0.717) is 60.3 Å². The van der Waals surface area contributed by atoms with E-state index in [1.54, 1.807) is 19.1 Å². The largest absolute Gasteiger partial charge is 0.481 e. The van der Waals surface area contributed by atoms with Crippen LogP contribution in [0, 0.1) is 74.9 Å². The lowest BCUT2D eigenvalue weighted by molar-refractivity contribution is -0.236. The zero-order valence-electron chi connectivity index (χ0n) is 37.1. The van der Waals surface area contributed by atoms with Crippen molar-refractivity contribution in [3.8, 4) is 11.5 Å². The van der Waals surface area contributed by atoms with Crippen LogP contribution >= 0.6 is 0 Å². The van der Waals surface area contributed by atoms with Gasteiger partial charge in [0.2, 0.25) is 11.8 Å². The van der Waals surface area contributed by atoms with Crippen molar-refractivity contribution >= 4 is 23.6 Å². The number of carboxylic acid groups (broad SMARTS) is 1. The monoisotopic (exact) mass is 809 g/mol. The summed E-state index contributed by atoms with van der Waals surface area (Å²) in [7, 11) is 0. The molecule has 1 aromatic carbocycles. The summed E-state index contributed by atoms with van der Waals surface area (Å²) in [6.45, 7) is 22.7. The van der Waals surface area contributed by atoms with Gasteiger partial charge in [0.25, 0.3) is 5.91 Å². The van der Waals surface area contributed by atoms with E-state index in [1.165, 1.54) is 5.57 Å². The molecule has 10 nitrogen and oxygen atoms in total. The van der Waals surface area contributed by atoms with Crippen molar-refractivity contribution in [2.75, 3.05) is 6.54 Å². The Hall–Kier alpha value is -3.82. The van der Waals surface area contributed by atoms with E-state index in [4.69, 9.17) is 9.15 Å². The lowest BCUT2D eigenvalue weighted by Gasteiger charge is -2.72. The molecular weight excluding hydrogens is 743 g/mol. The molecule has 0 spiro atoms. The Bertz CT molecular complexity index is 2080. The van der Waals surface area contributed by atoms with Crippen LogP contribution in [0.1, 0.15) is 149 Å². The first-order valence-corrected chi connectivity index (χ1v) is 22.5. The molecule has 1 heterocycles.